The molecule has 0 bridgehead atoms. The zero-order chi connectivity index (χ0) is 21.3. The summed E-state index contributed by atoms with van der Waals surface area (Å²) >= 11 is 0. The van der Waals surface area contributed by atoms with Gasteiger partial charge in [0.15, 0.2) is 0 Å². The number of hydrogen-bond acceptors (Lipinski definition) is 2. The molecule has 1 aliphatic heterocycles. The van der Waals surface area contributed by atoms with Crippen LogP contribution in [0.4, 0.5) is 0 Å². The third kappa shape index (κ3) is 5.62. The van der Waals surface area contributed by atoms with Crippen molar-refractivity contribution in [3.63, 3.8) is 0 Å². The molecule has 3 nitrogen and oxygen atoms in total. The number of aryl methyl sites for hydroxylation is 2. The first-order valence-electron chi connectivity index (χ1n) is 11.3. The summed E-state index contributed by atoms with van der Waals surface area (Å²) < 4.78 is 5.77. The predicted molar refractivity (Wildman–Crippen MR) is 129 cm³/mol. The Bertz CT molecular complexity index is 921. The van der Waals surface area contributed by atoms with Gasteiger partial charge in [-0.1, -0.05) is 56.0 Å². The van der Waals surface area contributed by atoms with Gasteiger partial charge in [-0.3, -0.25) is 4.90 Å². The predicted octanol–water partition coefficient (Wildman–Crippen LogP) is 6.37. The standard InChI is InChI=1S/C19H28N2O.C8H8/c1-4-15-12-14(3)19-17(6-9-20-19)18(15)13-21-10-7-16(8-11-21)22-5-2;1-2-8-6-4-3-5-7-8/h6,9,12,16,20H,4-5,7-8,10-11,13H2,1-3H3;2-7H,1H2. The summed E-state index contributed by atoms with van der Waals surface area (Å²) in [7, 11) is 0. The monoisotopic (exact) mass is 404 g/mol. The van der Waals surface area contributed by atoms with Crippen molar-refractivity contribution in [3.8, 4) is 0 Å². The van der Waals surface area contributed by atoms with E-state index in [0.717, 1.165) is 45.5 Å². The summed E-state index contributed by atoms with van der Waals surface area (Å²) in [5.41, 5.74) is 6.84. The van der Waals surface area contributed by atoms with Gasteiger partial charge in [0.05, 0.1) is 6.10 Å². The Balaban J connectivity index is 0.000000269. The minimum atomic E-state index is 0.470. The van der Waals surface area contributed by atoms with E-state index in [1.165, 1.54) is 33.2 Å². The van der Waals surface area contributed by atoms with E-state index in [2.05, 4.69) is 55.6 Å². The summed E-state index contributed by atoms with van der Waals surface area (Å²) in [5.74, 6) is 0. The van der Waals surface area contributed by atoms with Gasteiger partial charge in [0.2, 0.25) is 0 Å². The van der Waals surface area contributed by atoms with Crippen molar-refractivity contribution in [1.29, 1.82) is 0 Å². The van der Waals surface area contributed by atoms with Gasteiger partial charge in [0, 0.05) is 43.3 Å². The number of nitrogens with one attached hydrogen (secondary N) is 1. The maximum atomic E-state index is 5.77. The normalized spacial score (nSPS) is 15.0. The molecular formula is C27H36N2O. The topological polar surface area (TPSA) is 28.3 Å². The molecule has 2 heterocycles. The Labute approximate surface area is 181 Å². The summed E-state index contributed by atoms with van der Waals surface area (Å²) in [5, 5.41) is 1.41. The van der Waals surface area contributed by atoms with E-state index in [1.807, 2.05) is 36.4 Å². The van der Waals surface area contributed by atoms with E-state index in [4.69, 9.17) is 4.74 Å². The number of H-pyrrole nitrogens is 1. The molecule has 1 aliphatic rings. The molecule has 3 heteroatoms. The van der Waals surface area contributed by atoms with Crippen LogP contribution >= 0.6 is 0 Å². The van der Waals surface area contributed by atoms with Crippen LogP contribution in [0.2, 0.25) is 0 Å². The maximum Gasteiger partial charge on any atom is 0.0599 e. The van der Waals surface area contributed by atoms with Crippen LogP contribution in [0, 0.1) is 6.92 Å². The van der Waals surface area contributed by atoms with Gasteiger partial charge in [0.1, 0.15) is 0 Å². The van der Waals surface area contributed by atoms with E-state index >= 15 is 0 Å². The molecule has 0 saturated carbocycles. The number of nitrogens with zero attached hydrogens (tertiary/aromatic N) is 1. The molecule has 2 aromatic carbocycles. The zero-order valence-electron chi connectivity index (χ0n) is 18.8. The van der Waals surface area contributed by atoms with E-state index in [0.29, 0.717) is 6.10 Å². The second-order valence-corrected chi connectivity index (χ2v) is 8.00. The second-order valence-electron chi connectivity index (χ2n) is 8.00. The lowest BCUT2D eigenvalue weighted by Gasteiger charge is -2.32. The van der Waals surface area contributed by atoms with Crippen LogP contribution < -0.4 is 0 Å². The zero-order valence-corrected chi connectivity index (χ0v) is 18.8. The number of aromatic nitrogens is 1. The maximum absolute atomic E-state index is 5.77. The van der Waals surface area contributed by atoms with Crippen molar-refractivity contribution in [2.45, 2.75) is 52.7 Å². The Morgan fingerprint density at radius 1 is 1.13 bits per heavy atom. The van der Waals surface area contributed by atoms with Crippen molar-refractivity contribution < 1.29 is 4.74 Å². The third-order valence-corrected chi connectivity index (χ3v) is 5.98. The van der Waals surface area contributed by atoms with Crippen LogP contribution in [0.1, 0.15) is 48.9 Å². The molecular weight excluding hydrogens is 368 g/mol. The van der Waals surface area contributed by atoms with Gasteiger partial charge < -0.3 is 9.72 Å². The van der Waals surface area contributed by atoms with Gasteiger partial charge in [-0.25, -0.2) is 0 Å². The van der Waals surface area contributed by atoms with Gasteiger partial charge >= 0.3 is 0 Å². The molecule has 0 spiro atoms. The number of benzene rings is 2. The molecule has 160 valence electrons. The molecule has 1 N–H and O–H groups in total. The van der Waals surface area contributed by atoms with Crippen molar-refractivity contribution in [3.05, 3.63) is 77.5 Å². The number of likely N-dealkylation sites (tertiary alicyclic amines) is 1. The average molecular weight is 405 g/mol. The molecule has 1 fully saturated rings. The fourth-order valence-electron chi connectivity index (χ4n) is 4.33. The fraction of sp³-hybridized carbons (Fsp3) is 0.407. The largest absolute Gasteiger partial charge is 0.378 e. The lowest BCUT2D eigenvalue weighted by molar-refractivity contribution is 0.0125. The quantitative estimate of drug-likeness (QED) is 0.517. The summed E-state index contributed by atoms with van der Waals surface area (Å²) in [6.45, 7) is 14.4. The Hall–Kier alpha value is -2.36. The Morgan fingerprint density at radius 2 is 1.87 bits per heavy atom. The van der Waals surface area contributed by atoms with Gasteiger partial charge in [0.25, 0.3) is 0 Å². The van der Waals surface area contributed by atoms with Crippen LogP contribution in [-0.4, -0.2) is 35.7 Å². The van der Waals surface area contributed by atoms with Crippen LogP contribution in [0.3, 0.4) is 0 Å². The van der Waals surface area contributed by atoms with Gasteiger partial charge in [-0.15, -0.1) is 0 Å². The number of rotatable bonds is 6. The summed E-state index contributed by atoms with van der Waals surface area (Å²) in [6, 6.07) is 14.6. The minimum Gasteiger partial charge on any atom is -0.378 e. The Morgan fingerprint density at radius 3 is 2.47 bits per heavy atom. The first-order chi connectivity index (χ1) is 14.7. The lowest BCUT2D eigenvalue weighted by Crippen LogP contribution is -2.36. The molecule has 1 saturated heterocycles. The minimum absolute atomic E-state index is 0.470. The molecule has 0 aliphatic carbocycles. The van der Waals surface area contributed by atoms with Crippen LogP contribution in [-0.2, 0) is 17.7 Å². The number of fused-ring (bicyclic) bond motifs is 1. The molecule has 0 radical (unpaired) electrons. The van der Waals surface area contributed by atoms with E-state index in [1.54, 1.807) is 0 Å². The molecule has 0 atom stereocenters. The highest BCUT2D eigenvalue weighted by molar-refractivity contribution is 5.87. The SMILES string of the molecule is C=Cc1ccccc1.CCOC1CCN(Cc2c(CC)cc(C)c3[nH]ccc23)CC1. The number of aromatic amines is 1. The van der Waals surface area contributed by atoms with Crippen LogP contribution in [0.5, 0.6) is 0 Å². The first-order valence-corrected chi connectivity index (χ1v) is 11.3. The highest BCUT2D eigenvalue weighted by Crippen LogP contribution is 2.28. The van der Waals surface area contributed by atoms with E-state index in [-0.39, 0.29) is 0 Å². The highest BCUT2D eigenvalue weighted by Gasteiger charge is 2.21. The molecule has 1 aromatic heterocycles. The van der Waals surface area contributed by atoms with Crippen molar-refractivity contribution in [1.82, 2.24) is 9.88 Å². The molecule has 0 unspecified atom stereocenters. The molecule has 3 aromatic rings. The van der Waals surface area contributed by atoms with Gasteiger partial charge in [-0.05, 0) is 61.4 Å². The van der Waals surface area contributed by atoms with Crippen molar-refractivity contribution in [2.24, 2.45) is 0 Å². The second kappa shape index (κ2) is 11.1. The summed E-state index contributed by atoms with van der Waals surface area (Å²) in [6.07, 6.45) is 7.81. The lowest BCUT2D eigenvalue weighted by atomic mass is 9.96. The Kier molecular flexibility index (Phi) is 8.30. The molecule has 30 heavy (non-hydrogen) atoms. The van der Waals surface area contributed by atoms with Crippen LogP contribution in [0.15, 0.2) is 55.2 Å². The molecule has 0 amide bonds. The number of ether oxygens (including phenoxy) is 1. The third-order valence-electron chi connectivity index (χ3n) is 5.98. The highest BCUT2D eigenvalue weighted by atomic mass is 16.5. The van der Waals surface area contributed by atoms with Crippen molar-refractivity contribution >= 4 is 17.0 Å². The number of hydrogen-bond donors (Lipinski definition) is 1. The van der Waals surface area contributed by atoms with E-state index in [9.17, 15) is 0 Å². The first kappa shape index (κ1) is 22.3. The fourth-order valence-corrected chi connectivity index (χ4v) is 4.33. The van der Waals surface area contributed by atoms with E-state index < -0.39 is 0 Å². The van der Waals surface area contributed by atoms with Crippen LogP contribution in [0.25, 0.3) is 17.0 Å². The smallest absolute Gasteiger partial charge is 0.0599 e. The van der Waals surface area contributed by atoms with Gasteiger partial charge in [-0.2, -0.15) is 0 Å². The summed E-state index contributed by atoms with van der Waals surface area (Å²) in [4.78, 5) is 5.99. The molecule has 4 rings (SSSR count). The number of piperidine rings is 1. The van der Waals surface area contributed by atoms with Crippen molar-refractivity contribution in [2.75, 3.05) is 19.7 Å². The average Bonchev–Trinajstić information content (AvgIpc) is 3.29.